The SMILES string of the molecule is NS(=O)(=O)c1ccccc1NC(=O)c1nc(Cl)ccc1Cl. The Morgan fingerprint density at radius 2 is 1.81 bits per heavy atom. The minimum Gasteiger partial charge on any atom is -0.319 e. The predicted molar refractivity (Wildman–Crippen MR) is 80.0 cm³/mol. The summed E-state index contributed by atoms with van der Waals surface area (Å²) in [6, 6.07) is 8.56. The molecule has 0 atom stereocenters. The molecule has 0 saturated heterocycles. The van der Waals surface area contributed by atoms with E-state index < -0.39 is 15.9 Å². The number of nitrogens with one attached hydrogen (secondary N) is 1. The smallest absolute Gasteiger partial charge is 0.275 e. The van der Waals surface area contributed by atoms with Crippen LogP contribution in [0.25, 0.3) is 0 Å². The van der Waals surface area contributed by atoms with Gasteiger partial charge in [-0.25, -0.2) is 18.5 Å². The maximum atomic E-state index is 12.1. The molecule has 2 rings (SSSR count). The van der Waals surface area contributed by atoms with E-state index in [-0.39, 0.29) is 26.5 Å². The molecule has 0 aliphatic heterocycles. The number of rotatable bonds is 3. The number of anilines is 1. The molecule has 1 amide bonds. The fraction of sp³-hybridized carbons (Fsp3) is 0. The summed E-state index contributed by atoms with van der Waals surface area (Å²) in [6.45, 7) is 0. The minimum absolute atomic E-state index is 0.0304. The number of halogens is 2. The quantitative estimate of drug-likeness (QED) is 0.833. The summed E-state index contributed by atoms with van der Waals surface area (Å²) < 4.78 is 22.9. The van der Waals surface area contributed by atoms with Crippen molar-refractivity contribution in [1.29, 1.82) is 0 Å². The first-order valence-electron chi connectivity index (χ1n) is 5.54. The van der Waals surface area contributed by atoms with E-state index in [0.29, 0.717) is 0 Å². The van der Waals surface area contributed by atoms with Gasteiger partial charge in [-0.3, -0.25) is 4.79 Å². The Morgan fingerprint density at radius 1 is 1.14 bits per heavy atom. The van der Waals surface area contributed by atoms with Crippen LogP contribution in [-0.2, 0) is 10.0 Å². The average Bonchev–Trinajstić information content (AvgIpc) is 2.41. The van der Waals surface area contributed by atoms with Crippen molar-refractivity contribution >= 4 is 44.8 Å². The second-order valence-corrected chi connectivity index (χ2v) is 6.28. The van der Waals surface area contributed by atoms with E-state index in [1.807, 2.05) is 0 Å². The van der Waals surface area contributed by atoms with Gasteiger partial charge in [-0.05, 0) is 24.3 Å². The molecule has 0 aliphatic carbocycles. The molecule has 3 N–H and O–H groups in total. The van der Waals surface area contributed by atoms with Crippen molar-refractivity contribution in [1.82, 2.24) is 4.98 Å². The van der Waals surface area contributed by atoms with Gasteiger partial charge in [0.05, 0.1) is 10.7 Å². The van der Waals surface area contributed by atoms with Crippen LogP contribution in [0.1, 0.15) is 10.5 Å². The number of sulfonamides is 1. The number of primary sulfonamides is 1. The molecular weight excluding hydrogens is 337 g/mol. The first kappa shape index (κ1) is 15.7. The van der Waals surface area contributed by atoms with Crippen LogP contribution in [-0.4, -0.2) is 19.3 Å². The Bertz CT molecular complexity index is 809. The number of aromatic nitrogens is 1. The third kappa shape index (κ3) is 3.70. The van der Waals surface area contributed by atoms with Crippen LogP contribution in [0.2, 0.25) is 10.2 Å². The van der Waals surface area contributed by atoms with Gasteiger partial charge in [-0.2, -0.15) is 0 Å². The van der Waals surface area contributed by atoms with E-state index >= 15 is 0 Å². The topological polar surface area (TPSA) is 102 Å². The Kier molecular flexibility index (Phi) is 4.48. The van der Waals surface area contributed by atoms with Gasteiger partial charge in [0.25, 0.3) is 5.91 Å². The number of carbonyl (C=O) groups excluding carboxylic acids is 1. The lowest BCUT2D eigenvalue weighted by Crippen LogP contribution is -2.19. The lowest BCUT2D eigenvalue weighted by Gasteiger charge is -2.09. The number of nitrogens with zero attached hydrogens (tertiary/aromatic N) is 1. The second kappa shape index (κ2) is 5.98. The van der Waals surface area contributed by atoms with E-state index in [2.05, 4.69) is 10.3 Å². The first-order chi connectivity index (χ1) is 9.79. The molecule has 21 heavy (non-hydrogen) atoms. The van der Waals surface area contributed by atoms with Crippen LogP contribution >= 0.6 is 23.2 Å². The van der Waals surface area contributed by atoms with Crippen molar-refractivity contribution in [2.24, 2.45) is 5.14 Å². The summed E-state index contributed by atoms with van der Waals surface area (Å²) in [5.74, 6) is -0.696. The molecule has 0 unspecified atom stereocenters. The summed E-state index contributed by atoms with van der Waals surface area (Å²) in [6.07, 6.45) is 0. The third-order valence-corrected chi connectivity index (χ3v) is 3.95. The molecule has 0 spiro atoms. The molecule has 0 fully saturated rings. The highest BCUT2D eigenvalue weighted by Gasteiger charge is 2.18. The highest BCUT2D eigenvalue weighted by molar-refractivity contribution is 7.89. The molecule has 0 bridgehead atoms. The number of pyridine rings is 1. The highest BCUT2D eigenvalue weighted by atomic mass is 35.5. The molecule has 1 aromatic heterocycles. The third-order valence-electron chi connectivity index (χ3n) is 2.47. The van der Waals surface area contributed by atoms with Crippen molar-refractivity contribution in [2.75, 3.05) is 5.32 Å². The van der Waals surface area contributed by atoms with Crippen LogP contribution < -0.4 is 10.5 Å². The van der Waals surface area contributed by atoms with Gasteiger partial charge in [0.2, 0.25) is 10.0 Å². The van der Waals surface area contributed by atoms with E-state index in [1.54, 1.807) is 6.07 Å². The van der Waals surface area contributed by atoms with E-state index in [1.165, 1.54) is 30.3 Å². The molecule has 1 heterocycles. The number of hydrogen-bond donors (Lipinski definition) is 2. The summed E-state index contributed by atoms with van der Waals surface area (Å²) in [4.78, 5) is 15.7. The average molecular weight is 346 g/mol. The number of hydrogen-bond acceptors (Lipinski definition) is 4. The van der Waals surface area contributed by atoms with Gasteiger partial charge < -0.3 is 5.32 Å². The van der Waals surface area contributed by atoms with E-state index in [9.17, 15) is 13.2 Å². The zero-order valence-electron chi connectivity index (χ0n) is 10.4. The number of benzene rings is 1. The lowest BCUT2D eigenvalue weighted by atomic mass is 10.3. The van der Waals surface area contributed by atoms with E-state index in [4.69, 9.17) is 28.3 Å². The summed E-state index contributed by atoms with van der Waals surface area (Å²) in [7, 11) is -3.97. The van der Waals surface area contributed by atoms with Gasteiger partial charge in [-0.15, -0.1) is 0 Å². The summed E-state index contributed by atoms with van der Waals surface area (Å²) >= 11 is 11.6. The van der Waals surface area contributed by atoms with Crippen LogP contribution in [0.15, 0.2) is 41.3 Å². The van der Waals surface area contributed by atoms with Crippen molar-refractivity contribution in [3.05, 3.63) is 52.3 Å². The maximum Gasteiger partial charge on any atom is 0.275 e. The minimum atomic E-state index is -3.97. The lowest BCUT2D eigenvalue weighted by molar-refractivity contribution is 0.102. The summed E-state index contributed by atoms with van der Waals surface area (Å²) in [5.41, 5.74) is -0.0868. The Labute approximate surface area is 130 Å². The second-order valence-electron chi connectivity index (χ2n) is 3.96. The molecule has 2 aromatic rings. The Balaban J connectivity index is 2.39. The Hall–Kier alpha value is -1.67. The zero-order valence-corrected chi connectivity index (χ0v) is 12.7. The number of amides is 1. The van der Waals surface area contributed by atoms with Gasteiger partial charge in [0, 0.05) is 0 Å². The molecular formula is C12H9Cl2N3O3S. The summed E-state index contributed by atoms with van der Waals surface area (Å²) in [5, 5.41) is 7.66. The van der Waals surface area contributed by atoms with Crippen molar-refractivity contribution in [3.63, 3.8) is 0 Å². The van der Waals surface area contributed by atoms with E-state index in [0.717, 1.165) is 0 Å². The fourth-order valence-electron chi connectivity index (χ4n) is 1.58. The standard InChI is InChI=1S/C12H9Cl2N3O3S/c13-7-5-6-10(14)17-11(7)12(18)16-8-3-1-2-4-9(8)21(15,19)20/h1-6H,(H,16,18)(H2,15,19,20). The fourth-order valence-corrected chi connectivity index (χ4v) is 2.61. The molecule has 0 radical (unpaired) electrons. The zero-order chi connectivity index (χ0) is 15.6. The van der Waals surface area contributed by atoms with Crippen molar-refractivity contribution < 1.29 is 13.2 Å². The van der Waals surface area contributed by atoms with Gasteiger partial charge in [0.1, 0.15) is 15.7 Å². The Morgan fingerprint density at radius 3 is 2.48 bits per heavy atom. The van der Waals surface area contributed by atoms with Crippen LogP contribution in [0.3, 0.4) is 0 Å². The monoisotopic (exact) mass is 345 g/mol. The molecule has 0 aliphatic rings. The molecule has 1 aromatic carbocycles. The predicted octanol–water partition coefficient (Wildman–Crippen LogP) is 2.29. The number of carbonyl (C=O) groups is 1. The molecule has 6 nitrogen and oxygen atoms in total. The molecule has 9 heteroatoms. The van der Waals surface area contributed by atoms with Crippen LogP contribution in [0.4, 0.5) is 5.69 Å². The molecule has 0 saturated carbocycles. The van der Waals surface area contributed by atoms with Gasteiger partial charge in [-0.1, -0.05) is 35.3 Å². The highest BCUT2D eigenvalue weighted by Crippen LogP contribution is 2.22. The van der Waals surface area contributed by atoms with Crippen molar-refractivity contribution in [3.8, 4) is 0 Å². The normalized spacial score (nSPS) is 11.2. The van der Waals surface area contributed by atoms with Crippen LogP contribution in [0.5, 0.6) is 0 Å². The van der Waals surface area contributed by atoms with Crippen LogP contribution in [0, 0.1) is 0 Å². The molecule has 110 valence electrons. The number of para-hydroxylation sites is 1. The van der Waals surface area contributed by atoms with Gasteiger partial charge >= 0.3 is 0 Å². The van der Waals surface area contributed by atoms with Crippen molar-refractivity contribution in [2.45, 2.75) is 4.90 Å². The number of nitrogens with two attached hydrogens (primary N) is 1. The first-order valence-corrected chi connectivity index (χ1v) is 7.84. The largest absolute Gasteiger partial charge is 0.319 e. The van der Waals surface area contributed by atoms with Gasteiger partial charge in [0.15, 0.2) is 0 Å². The maximum absolute atomic E-state index is 12.1.